The molecule has 4 aromatic carbocycles. The van der Waals surface area contributed by atoms with E-state index in [1.54, 1.807) is 13.8 Å². The van der Waals surface area contributed by atoms with Crippen LogP contribution in [0.25, 0.3) is 32.7 Å². The van der Waals surface area contributed by atoms with Crippen LogP contribution in [-0.4, -0.2) is 42.1 Å². The molecule has 0 atom stereocenters. The Kier molecular flexibility index (Phi) is 8.18. The lowest BCUT2D eigenvalue weighted by Gasteiger charge is -2.23. The van der Waals surface area contributed by atoms with Crippen molar-refractivity contribution in [1.29, 1.82) is 0 Å². The predicted octanol–water partition coefficient (Wildman–Crippen LogP) is 7.37. The average molecular weight is 667 g/mol. The van der Waals surface area contributed by atoms with Crippen LogP contribution in [0.1, 0.15) is 22.3 Å². The summed E-state index contributed by atoms with van der Waals surface area (Å²) in [5.74, 6) is -1.71. The van der Waals surface area contributed by atoms with Gasteiger partial charge in [0.1, 0.15) is 11.5 Å². The second kappa shape index (κ2) is 10.9. The summed E-state index contributed by atoms with van der Waals surface area (Å²) in [7, 11) is -10.0. The van der Waals surface area contributed by atoms with Gasteiger partial charge in [-0.1, -0.05) is 12.1 Å². The maximum atomic E-state index is 13.5. The zero-order chi connectivity index (χ0) is 33.2. The zero-order valence-electron chi connectivity index (χ0n) is 23.8. The highest BCUT2D eigenvalue weighted by atomic mass is 32.2. The second-order valence-electron chi connectivity index (χ2n) is 9.88. The number of benzene rings is 4. The molecule has 44 heavy (non-hydrogen) atoms. The van der Waals surface area contributed by atoms with Crippen LogP contribution in [0.5, 0.6) is 23.0 Å². The van der Waals surface area contributed by atoms with Gasteiger partial charge in [0.2, 0.25) is 0 Å². The van der Waals surface area contributed by atoms with Crippen molar-refractivity contribution < 1.29 is 61.0 Å². The highest BCUT2D eigenvalue weighted by Gasteiger charge is 2.50. The Labute approximate surface area is 248 Å². The molecule has 0 spiro atoms. The molecule has 0 aliphatic carbocycles. The number of alkyl halides is 6. The van der Waals surface area contributed by atoms with Crippen LogP contribution < -0.4 is 17.8 Å². The van der Waals surface area contributed by atoms with Gasteiger partial charge >= 0.3 is 31.3 Å². The average Bonchev–Trinajstić information content (AvgIpc) is 2.87. The molecule has 0 heterocycles. The summed E-state index contributed by atoms with van der Waals surface area (Å²) in [5.41, 5.74) is -10.5. The van der Waals surface area contributed by atoms with Crippen molar-refractivity contribution in [2.45, 2.75) is 38.7 Å². The normalized spacial score (nSPS) is 12.9. The van der Waals surface area contributed by atoms with Crippen molar-refractivity contribution in [3.63, 3.8) is 0 Å². The van der Waals surface area contributed by atoms with Gasteiger partial charge in [-0.3, -0.25) is 0 Å². The van der Waals surface area contributed by atoms with E-state index < -0.39 is 42.8 Å². The summed E-state index contributed by atoms with van der Waals surface area (Å²) < 4.78 is 150. The van der Waals surface area contributed by atoms with E-state index in [9.17, 15) is 43.2 Å². The third kappa shape index (κ3) is 5.67. The fourth-order valence-corrected chi connectivity index (χ4v) is 5.79. The minimum atomic E-state index is -6.21. The van der Waals surface area contributed by atoms with Crippen LogP contribution in [0, 0.1) is 27.7 Å². The topological polar surface area (TPSA) is 105 Å². The van der Waals surface area contributed by atoms with E-state index >= 15 is 0 Å². The summed E-state index contributed by atoms with van der Waals surface area (Å²) in [6.45, 7) is 6.09. The van der Waals surface area contributed by atoms with Gasteiger partial charge < -0.3 is 17.8 Å². The maximum absolute atomic E-state index is 13.5. The number of rotatable bonds is 7. The Morgan fingerprint density at radius 1 is 0.523 bits per heavy atom. The van der Waals surface area contributed by atoms with Crippen LogP contribution in [0.15, 0.2) is 36.4 Å². The van der Waals surface area contributed by atoms with Crippen LogP contribution in [0.2, 0.25) is 0 Å². The predicted molar refractivity (Wildman–Crippen MR) is 150 cm³/mol. The number of hydrogen-bond acceptors (Lipinski definition) is 8. The van der Waals surface area contributed by atoms with Crippen LogP contribution >= 0.6 is 0 Å². The molecule has 0 saturated carbocycles. The Balaban J connectivity index is 2.32. The second-order valence-corrected chi connectivity index (χ2v) is 13.0. The molecule has 0 amide bonds. The van der Waals surface area contributed by atoms with E-state index in [0.717, 1.165) is 12.1 Å². The Morgan fingerprint density at radius 3 is 1.11 bits per heavy atom. The standard InChI is InChI=1S/C28H24F6O8S2/c1-13-7-17-15(3)11-19(39-5)25(23(17)21(9-13)41-43(35,36)27(29,30)31)26-20(40-6)12-16(4)18-8-14(2)10-22(24(18)26)42-44(37,38)28(32,33)34/h7-12H,1-6H3. The molecule has 0 saturated heterocycles. The van der Waals surface area contributed by atoms with Gasteiger partial charge in [-0.05, 0) is 85.0 Å². The molecule has 16 heteroatoms. The number of fused-ring (bicyclic) bond motifs is 2. The largest absolute Gasteiger partial charge is 0.534 e. The fourth-order valence-electron chi connectivity index (χ4n) is 4.86. The lowest BCUT2D eigenvalue weighted by molar-refractivity contribution is -0.0504. The summed E-state index contributed by atoms with van der Waals surface area (Å²) in [6.07, 6.45) is 0. The first kappa shape index (κ1) is 33.0. The minimum absolute atomic E-state index is 0.0817. The SMILES string of the molecule is COc1cc(C)c2cc(C)cc(OS(=O)(=O)C(F)(F)F)c2c1-c1c(OC)cc(C)c2cc(C)cc(OS(=O)(=O)C(F)(F)F)c12. The number of aryl methyl sites for hydroxylation is 4. The molecule has 0 radical (unpaired) electrons. The van der Waals surface area contributed by atoms with E-state index in [4.69, 9.17) is 9.47 Å². The number of methoxy groups -OCH3 is 2. The molecule has 0 N–H and O–H groups in total. The van der Waals surface area contributed by atoms with Crippen molar-refractivity contribution in [2.24, 2.45) is 0 Å². The van der Waals surface area contributed by atoms with Gasteiger partial charge in [-0.2, -0.15) is 43.2 Å². The highest BCUT2D eigenvalue weighted by molar-refractivity contribution is 7.88. The Bertz CT molecular complexity index is 1890. The van der Waals surface area contributed by atoms with Crippen molar-refractivity contribution in [1.82, 2.24) is 0 Å². The quantitative estimate of drug-likeness (QED) is 0.114. The van der Waals surface area contributed by atoms with Gasteiger partial charge in [0, 0.05) is 21.9 Å². The number of halogens is 6. The van der Waals surface area contributed by atoms with E-state index in [2.05, 4.69) is 8.37 Å². The summed E-state index contributed by atoms with van der Waals surface area (Å²) in [5, 5.41) is -0.0919. The molecule has 0 aromatic heterocycles. The summed E-state index contributed by atoms with van der Waals surface area (Å²) >= 11 is 0. The molecule has 0 unspecified atom stereocenters. The molecular formula is C28H24F6O8S2. The lowest BCUT2D eigenvalue weighted by Crippen LogP contribution is -2.28. The lowest BCUT2D eigenvalue weighted by atomic mass is 9.87. The molecular weight excluding hydrogens is 642 g/mol. The van der Waals surface area contributed by atoms with Crippen molar-refractivity contribution in [3.05, 3.63) is 58.7 Å². The number of hydrogen-bond donors (Lipinski definition) is 0. The van der Waals surface area contributed by atoms with Gasteiger partial charge in [0.15, 0.2) is 11.5 Å². The van der Waals surface area contributed by atoms with Gasteiger partial charge in [0.05, 0.1) is 14.2 Å². The maximum Gasteiger partial charge on any atom is 0.534 e. The summed E-state index contributed by atoms with van der Waals surface area (Å²) in [6, 6.07) is 8.05. The highest BCUT2D eigenvalue weighted by Crippen LogP contribution is 2.52. The Morgan fingerprint density at radius 2 is 0.841 bits per heavy atom. The molecule has 238 valence electrons. The van der Waals surface area contributed by atoms with Crippen molar-refractivity contribution in [3.8, 4) is 34.1 Å². The molecule has 4 rings (SSSR count). The third-order valence-corrected chi connectivity index (χ3v) is 8.62. The monoisotopic (exact) mass is 666 g/mol. The van der Waals surface area contributed by atoms with E-state index in [-0.39, 0.29) is 44.2 Å². The smallest absolute Gasteiger partial charge is 0.496 e. The van der Waals surface area contributed by atoms with Crippen molar-refractivity contribution >= 4 is 41.8 Å². The molecule has 8 nitrogen and oxygen atoms in total. The molecule has 0 aliphatic heterocycles. The van der Waals surface area contributed by atoms with E-state index in [0.29, 0.717) is 22.3 Å². The van der Waals surface area contributed by atoms with E-state index in [1.165, 1.54) is 52.3 Å². The molecule has 0 aliphatic rings. The van der Waals surface area contributed by atoms with Gasteiger partial charge in [-0.25, -0.2) is 0 Å². The van der Waals surface area contributed by atoms with E-state index in [1.807, 2.05) is 0 Å². The molecule has 0 fully saturated rings. The van der Waals surface area contributed by atoms with Crippen LogP contribution in [0.4, 0.5) is 26.3 Å². The third-order valence-electron chi connectivity index (χ3n) is 6.69. The summed E-state index contributed by atoms with van der Waals surface area (Å²) in [4.78, 5) is 0. The minimum Gasteiger partial charge on any atom is -0.496 e. The fraction of sp³-hybridized carbons (Fsp3) is 0.286. The first-order valence-electron chi connectivity index (χ1n) is 12.4. The molecule has 0 bridgehead atoms. The first-order valence-corrected chi connectivity index (χ1v) is 15.2. The first-order chi connectivity index (χ1) is 20.1. The van der Waals surface area contributed by atoms with Gasteiger partial charge in [-0.15, -0.1) is 0 Å². The van der Waals surface area contributed by atoms with Crippen LogP contribution in [-0.2, 0) is 20.2 Å². The molecule has 4 aromatic rings. The number of ether oxygens (including phenoxy) is 2. The van der Waals surface area contributed by atoms with Crippen LogP contribution in [0.3, 0.4) is 0 Å². The van der Waals surface area contributed by atoms with Crippen molar-refractivity contribution in [2.75, 3.05) is 14.2 Å². The Hall–Kier alpha value is -3.92. The zero-order valence-corrected chi connectivity index (χ0v) is 25.4. The van der Waals surface area contributed by atoms with Gasteiger partial charge in [0.25, 0.3) is 0 Å².